The van der Waals surface area contributed by atoms with E-state index >= 15 is 0 Å². The van der Waals surface area contributed by atoms with Crippen molar-refractivity contribution >= 4 is 29.8 Å². The molecule has 1 N–H and O–H groups in total. The van der Waals surface area contributed by atoms with Gasteiger partial charge in [-0.2, -0.15) is 10.2 Å². The van der Waals surface area contributed by atoms with Crippen LogP contribution in [-0.2, 0) is 4.79 Å². The van der Waals surface area contributed by atoms with E-state index in [-0.39, 0.29) is 24.3 Å². The molecule has 1 amide bonds. The van der Waals surface area contributed by atoms with Crippen LogP contribution in [0.4, 0.5) is 20.4 Å². The molecule has 34 heavy (non-hydrogen) atoms. The summed E-state index contributed by atoms with van der Waals surface area (Å²) in [5, 5.41) is 12.7. The third kappa shape index (κ3) is 5.23. The number of halogens is 2. The monoisotopic (exact) mass is 482 g/mol. The molecular weight excluding hydrogens is 462 g/mol. The predicted molar refractivity (Wildman–Crippen MR) is 123 cm³/mol. The molecule has 1 aliphatic heterocycles. The number of alkyl halides is 2. The molecule has 4 rings (SSSR count). The van der Waals surface area contributed by atoms with Gasteiger partial charge in [-0.1, -0.05) is 0 Å². The zero-order valence-electron chi connectivity index (χ0n) is 18.1. The second-order valence-electron chi connectivity index (χ2n) is 7.54. The Hall–Kier alpha value is -3.78. The fourth-order valence-corrected chi connectivity index (χ4v) is 3.90. The molecule has 1 atom stereocenters. The van der Waals surface area contributed by atoms with Gasteiger partial charge in [0.15, 0.2) is 11.9 Å². The molecule has 0 unspecified atom stereocenters. The molecule has 8 nitrogen and oxygen atoms in total. The number of piperidine rings is 1. The normalized spacial score (nSPS) is 17.0. The topological polar surface area (TPSA) is 104 Å². The minimum Gasteiger partial charge on any atom is -0.483 e. The number of carbonyl (C=O) groups is 1. The van der Waals surface area contributed by atoms with Gasteiger partial charge in [-0.3, -0.25) is 4.79 Å². The van der Waals surface area contributed by atoms with Crippen molar-refractivity contribution in [2.24, 2.45) is 0 Å². The number of nitriles is 1. The zero-order valence-corrected chi connectivity index (χ0v) is 18.9. The molecule has 0 radical (unpaired) electrons. The first kappa shape index (κ1) is 23.4. The Morgan fingerprint density at radius 3 is 2.74 bits per heavy atom. The van der Waals surface area contributed by atoms with Crippen LogP contribution in [0.2, 0.25) is 0 Å². The molecule has 1 saturated heterocycles. The molecule has 0 aliphatic carbocycles. The maximum Gasteiger partial charge on any atom is 0.301 e. The van der Waals surface area contributed by atoms with Crippen molar-refractivity contribution in [3.8, 4) is 23.2 Å². The molecule has 2 aromatic carbocycles. The number of nitrogens with zero attached hydrogens (tertiary/aromatic N) is 5. The molecule has 0 spiro atoms. The Morgan fingerprint density at radius 2 is 2.06 bits per heavy atom. The lowest BCUT2D eigenvalue weighted by Crippen LogP contribution is -2.53. The second kappa shape index (κ2) is 10.0. The molecule has 1 fully saturated rings. The minimum absolute atomic E-state index is 0.0387. The average Bonchev–Trinajstić information content (AvgIpc) is 2.85. The van der Waals surface area contributed by atoms with Crippen LogP contribution < -0.4 is 10.1 Å². The van der Waals surface area contributed by atoms with Gasteiger partial charge >= 0.3 is 5.92 Å². The molecule has 11 heteroatoms. The van der Waals surface area contributed by atoms with Gasteiger partial charge in [0, 0.05) is 29.1 Å². The summed E-state index contributed by atoms with van der Waals surface area (Å²) in [5.41, 5.74) is 1.39. The quantitative estimate of drug-likeness (QED) is 0.396. The van der Waals surface area contributed by atoms with Gasteiger partial charge in [0.2, 0.25) is 12.4 Å². The van der Waals surface area contributed by atoms with Crippen LogP contribution in [0.15, 0.2) is 53.7 Å². The molecule has 2 heterocycles. The van der Waals surface area contributed by atoms with Crippen LogP contribution >= 0.6 is 11.8 Å². The van der Waals surface area contributed by atoms with Gasteiger partial charge < -0.3 is 15.0 Å². The van der Waals surface area contributed by atoms with Crippen LogP contribution in [0, 0.1) is 11.3 Å². The van der Waals surface area contributed by atoms with Crippen LogP contribution in [0.25, 0.3) is 11.4 Å². The minimum atomic E-state index is -3.23. The van der Waals surface area contributed by atoms with Crippen molar-refractivity contribution in [2.45, 2.75) is 23.3 Å². The molecule has 0 saturated carbocycles. The maximum absolute atomic E-state index is 14.4. The van der Waals surface area contributed by atoms with E-state index in [1.54, 1.807) is 17.8 Å². The number of nitrogens with one attached hydrogen (secondary N) is 1. The summed E-state index contributed by atoms with van der Waals surface area (Å²) in [6.45, 7) is -0.563. The Morgan fingerprint density at radius 1 is 1.26 bits per heavy atom. The lowest BCUT2D eigenvalue weighted by molar-refractivity contribution is -0.151. The number of carbonyl (C=O) groups excluding carboxylic acids is 1. The lowest BCUT2D eigenvalue weighted by atomic mass is 10.0. The van der Waals surface area contributed by atoms with Crippen LogP contribution in [0.5, 0.6) is 5.75 Å². The highest BCUT2D eigenvalue weighted by atomic mass is 32.2. The van der Waals surface area contributed by atoms with E-state index < -0.39 is 18.6 Å². The van der Waals surface area contributed by atoms with Gasteiger partial charge in [0.25, 0.3) is 0 Å². The first-order chi connectivity index (χ1) is 16.4. The largest absolute Gasteiger partial charge is 0.483 e. The van der Waals surface area contributed by atoms with Gasteiger partial charge in [0.1, 0.15) is 18.1 Å². The number of aromatic nitrogens is 3. The van der Waals surface area contributed by atoms with Crippen molar-refractivity contribution in [3.63, 3.8) is 0 Å². The van der Waals surface area contributed by atoms with Gasteiger partial charge in [-0.25, -0.2) is 18.7 Å². The van der Waals surface area contributed by atoms with Crippen LogP contribution in [-0.4, -0.2) is 57.6 Å². The van der Waals surface area contributed by atoms with Gasteiger partial charge in [-0.05, 0) is 48.7 Å². The standard InChI is InChI=1S/C23H20F2N6O2S/c1-34-18-5-3-17(4-6-18)29-22-28-13-27-21(30-22)15-2-7-19(16(10-15)11-26)33-20-8-9-31(14-32)12-23(20,24)25/h2-7,10,13-14,20H,8-9,12H2,1H3,(H,27,28,29,30)/t20-/m0/s1. The van der Waals surface area contributed by atoms with E-state index in [0.29, 0.717) is 23.7 Å². The first-order valence-corrected chi connectivity index (χ1v) is 11.5. The van der Waals surface area contributed by atoms with Crippen molar-refractivity contribution < 1.29 is 18.3 Å². The van der Waals surface area contributed by atoms with E-state index in [2.05, 4.69) is 20.3 Å². The number of likely N-dealkylation sites (tertiary alicyclic amines) is 1. The molecule has 0 bridgehead atoms. The Bertz CT molecular complexity index is 1220. The van der Waals surface area contributed by atoms with E-state index in [4.69, 9.17) is 4.74 Å². The van der Waals surface area contributed by atoms with E-state index in [1.807, 2.05) is 36.6 Å². The lowest BCUT2D eigenvalue weighted by Gasteiger charge is -2.36. The van der Waals surface area contributed by atoms with Crippen LogP contribution in [0.3, 0.4) is 0 Å². The second-order valence-corrected chi connectivity index (χ2v) is 8.42. The molecule has 174 valence electrons. The summed E-state index contributed by atoms with van der Waals surface area (Å²) in [7, 11) is 0. The Labute approximate surface area is 199 Å². The number of ether oxygens (including phenoxy) is 1. The smallest absolute Gasteiger partial charge is 0.301 e. The summed E-state index contributed by atoms with van der Waals surface area (Å²) >= 11 is 1.64. The maximum atomic E-state index is 14.4. The fourth-order valence-electron chi connectivity index (χ4n) is 3.49. The highest BCUT2D eigenvalue weighted by Gasteiger charge is 2.46. The first-order valence-electron chi connectivity index (χ1n) is 10.3. The van der Waals surface area contributed by atoms with Crippen molar-refractivity contribution in [3.05, 3.63) is 54.4 Å². The summed E-state index contributed by atoms with van der Waals surface area (Å²) in [4.78, 5) is 25.7. The van der Waals surface area contributed by atoms with Crippen molar-refractivity contribution in [1.82, 2.24) is 19.9 Å². The molecule has 1 aliphatic rings. The highest BCUT2D eigenvalue weighted by molar-refractivity contribution is 7.98. The van der Waals surface area contributed by atoms with Gasteiger partial charge in [-0.15, -0.1) is 11.8 Å². The number of anilines is 2. The molecule has 1 aromatic heterocycles. The average molecular weight is 483 g/mol. The molecular formula is C23H20F2N6O2S. The van der Waals surface area contributed by atoms with Crippen LogP contribution in [0.1, 0.15) is 12.0 Å². The fraction of sp³-hybridized carbons (Fsp3) is 0.261. The van der Waals surface area contributed by atoms with E-state index in [9.17, 15) is 18.8 Å². The SMILES string of the molecule is CSc1ccc(Nc2ncnc(-c3ccc(O[C@H]4CCN(C=O)CC4(F)F)c(C#N)c3)n2)cc1. The van der Waals surface area contributed by atoms with Gasteiger partial charge in [0.05, 0.1) is 12.1 Å². The molecule has 3 aromatic rings. The summed E-state index contributed by atoms with van der Waals surface area (Å²) < 4.78 is 34.3. The number of rotatable bonds is 7. The highest BCUT2D eigenvalue weighted by Crippen LogP contribution is 2.33. The van der Waals surface area contributed by atoms with Crippen molar-refractivity contribution in [2.75, 3.05) is 24.7 Å². The zero-order chi connectivity index (χ0) is 24.1. The number of benzene rings is 2. The Balaban J connectivity index is 1.53. The van der Waals surface area contributed by atoms with E-state index in [0.717, 1.165) is 15.5 Å². The number of hydrogen-bond donors (Lipinski definition) is 1. The van der Waals surface area contributed by atoms with Crippen molar-refractivity contribution in [1.29, 1.82) is 5.26 Å². The number of thioether (sulfide) groups is 1. The number of hydrogen-bond acceptors (Lipinski definition) is 8. The number of amides is 1. The third-order valence-corrected chi connectivity index (χ3v) is 6.00. The Kier molecular flexibility index (Phi) is 6.88. The predicted octanol–water partition coefficient (Wildman–Crippen LogP) is 4.12. The van der Waals surface area contributed by atoms with E-state index in [1.165, 1.54) is 18.5 Å². The third-order valence-electron chi connectivity index (χ3n) is 5.26. The summed E-state index contributed by atoms with van der Waals surface area (Å²) in [5.74, 6) is -2.56. The summed E-state index contributed by atoms with van der Waals surface area (Å²) in [6, 6.07) is 14.3. The summed E-state index contributed by atoms with van der Waals surface area (Å²) in [6.07, 6.45) is 2.26.